The molecule has 0 radical (unpaired) electrons. The van der Waals surface area contributed by atoms with Crippen LogP contribution in [0.4, 0.5) is 11.4 Å². The largest absolute Gasteiger partial charge is 0.272 e. The molecule has 0 N–H and O–H groups in total. The van der Waals surface area contributed by atoms with Gasteiger partial charge in [0.1, 0.15) is 0 Å². The number of amides is 2. The molecule has 5 rings (SSSR count). The van der Waals surface area contributed by atoms with Crippen molar-refractivity contribution in [3.05, 3.63) is 155 Å². The van der Waals surface area contributed by atoms with Gasteiger partial charge >= 0.3 is 0 Å². The minimum Gasteiger partial charge on any atom is -0.268 e. The number of sulfonamides is 2. The third-order valence-electron chi connectivity index (χ3n) is 6.36. The number of benzene rings is 5. The molecule has 0 aliphatic rings. The third-order valence-corrected chi connectivity index (χ3v) is 10.4. The second kappa shape index (κ2) is 12.3. The molecule has 2 amide bonds. The molecule has 0 saturated carbocycles. The highest BCUT2D eigenvalue weighted by molar-refractivity contribution is 9.10. The van der Waals surface area contributed by atoms with Crippen LogP contribution in [-0.4, -0.2) is 28.6 Å². The molecule has 0 bridgehead atoms. The molecule has 11 heteroatoms. The van der Waals surface area contributed by atoms with Gasteiger partial charge in [-0.05, 0) is 82.7 Å². The van der Waals surface area contributed by atoms with Crippen molar-refractivity contribution < 1.29 is 26.4 Å². The van der Waals surface area contributed by atoms with Crippen molar-refractivity contribution in [2.24, 2.45) is 0 Å². The average Bonchev–Trinajstić information content (AvgIpc) is 3.03. The number of rotatable bonds is 8. The molecule has 5 aromatic rings. The molecule has 0 atom stereocenters. The van der Waals surface area contributed by atoms with E-state index in [0.717, 1.165) is 0 Å². The van der Waals surface area contributed by atoms with Gasteiger partial charge in [-0.25, -0.2) is 16.8 Å². The molecular formula is C32H23BrN2O6S2. The smallest absolute Gasteiger partial charge is 0.268 e. The fourth-order valence-corrected chi connectivity index (χ4v) is 7.83. The van der Waals surface area contributed by atoms with Gasteiger partial charge in [-0.3, -0.25) is 9.59 Å². The second-order valence-electron chi connectivity index (χ2n) is 9.14. The van der Waals surface area contributed by atoms with Crippen LogP contribution in [0.15, 0.2) is 154 Å². The molecule has 43 heavy (non-hydrogen) atoms. The molecule has 0 aliphatic heterocycles. The molecule has 0 unspecified atom stereocenters. The Morgan fingerprint density at radius 1 is 0.488 bits per heavy atom. The summed E-state index contributed by atoms with van der Waals surface area (Å²) in [6, 6.07) is 34.6. The lowest BCUT2D eigenvalue weighted by Gasteiger charge is -2.26. The van der Waals surface area contributed by atoms with Crippen molar-refractivity contribution in [3.8, 4) is 0 Å². The Hall–Kier alpha value is -4.58. The van der Waals surface area contributed by atoms with Crippen molar-refractivity contribution >= 4 is 59.2 Å². The van der Waals surface area contributed by atoms with Crippen molar-refractivity contribution in [1.82, 2.24) is 0 Å². The first-order chi connectivity index (χ1) is 20.6. The standard InChI is InChI=1S/C32H23BrN2O6S2/c33-29-23-26(34(31(36)24-13-5-1-6-14-24)42(38,39)27-17-9-3-10-18-27)21-22-30(29)35(32(37)25-15-7-2-8-16-25)43(40,41)28-19-11-4-12-20-28/h1-23H. The fraction of sp³-hybridized carbons (Fsp3) is 0. The summed E-state index contributed by atoms with van der Waals surface area (Å²) < 4.78 is 56.8. The van der Waals surface area contributed by atoms with E-state index in [0.29, 0.717) is 8.61 Å². The van der Waals surface area contributed by atoms with Gasteiger partial charge in [0.2, 0.25) is 0 Å². The predicted octanol–water partition coefficient (Wildman–Crippen LogP) is 6.52. The maximum atomic E-state index is 13.9. The number of hydrogen-bond donors (Lipinski definition) is 0. The summed E-state index contributed by atoms with van der Waals surface area (Å²) in [6.07, 6.45) is 0. The Kier molecular flexibility index (Phi) is 8.58. The molecule has 0 fully saturated rings. The lowest BCUT2D eigenvalue weighted by atomic mass is 10.2. The van der Waals surface area contributed by atoms with E-state index in [9.17, 15) is 26.4 Å². The third kappa shape index (κ3) is 6.00. The summed E-state index contributed by atoms with van der Waals surface area (Å²) in [4.78, 5) is 27.2. The van der Waals surface area contributed by atoms with Gasteiger partial charge in [0.25, 0.3) is 31.9 Å². The molecule has 0 spiro atoms. The first kappa shape index (κ1) is 29.9. The topological polar surface area (TPSA) is 109 Å². The zero-order valence-corrected chi connectivity index (χ0v) is 25.5. The highest BCUT2D eigenvalue weighted by atomic mass is 79.9. The van der Waals surface area contributed by atoms with Crippen LogP contribution in [0.3, 0.4) is 0 Å². The van der Waals surface area contributed by atoms with Crippen LogP contribution in [0, 0.1) is 0 Å². The van der Waals surface area contributed by atoms with Crippen LogP contribution in [0.2, 0.25) is 0 Å². The zero-order chi connectivity index (χ0) is 30.6. The number of hydrogen-bond acceptors (Lipinski definition) is 6. The monoisotopic (exact) mass is 674 g/mol. The molecule has 8 nitrogen and oxygen atoms in total. The van der Waals surface area contributed by atoms with Gasteiger partial charge < -0.3 is 0 Å². The molecule has 0 aromatic heterocycles. The van der Waals surface area contributed by atoms with Crippen LogP contribution in [0.25, 0.3) is 0 Å². The molecule has 5 aromatic carbocycles. The van der Waals surface area contributed by atoms with E-state index in [1.165, 1.54) is 78.9 Å². The maximum Gasteiger partial charge on any atom is 0.272 e. The predicted molar refractivity (Wildman–Crippen MR) is 168 cm³/mol. The maximum absolute atomic E-state index is 13.9. The number of carbonyl (C=O) groups is 2. The molecular weight excluding hydrogens is 652 g/mol. The Morgan fingerprint density at radius 2 is 0.860 bits per heavy atom. The molecule has 0 heterocycles. The van der Waals surface area contributed by atoms with Crippen molar-refractivity contribution in [2.75, 3.05) is 8.61 Å². The summed E-state index contributed by atoms with van der Waals surface area (Å²) in [5.74, 6) is -1.65. The van der Waals surface area contributed by atoms with E-state index in [1.807, 2.05) is 0 Å². The van der Waals surface area contributed by atoms with Gasteiger partial charge in [-0.2, -0.15) is 8.61 Å². The second-order valence-corrected chi connectivity index (χ2v) is 13.6. The van der Waals surface area contributed by atoms with Crippen LogP contribution in [0.1, 0.15) is 20.7 Å². The van der Waals surface area contributed by atoms with E-state index in [-0.39, 0.29) is 36.8 Å². The van der Waals surface area contributed by atoms with Crippen LogP contribution >= 0.6 is 15.9 Å². The normalized spacial score (nSPS) is 11.5. The molecule has 0 aliphatic carbocycles. The van der Waals surface area contributed by atoms with Crippen LogP contribution in [0.5, 0.6) is 0 Å². The quantitative estimate of drug-likeness (QED) is 0.185. The van der Waals surface area contributed by atoms with Crippen molar-refractivity contribution in [3.63, 3.8) is 0 Å². The minimum absolute atomic E-state index is 0.0583. The van der Waals surface area contributed by atoms with Gasteiger partial charge in [0.15, 0.2) is 0 Å². The van der Waals surface area contributed by atoms with Crippen LogP contribution < -0.4 is 8.61 Å². The number of nitrogens with zero attached hydrogens (tertiary/aromatic N) is 2. The summed E-state index contributed by atoms with van der Waals surface area (Å²) >= 11 is 3.36. The molecule has 0 saturated heterocycles. The Bertz CT molecular complexity index is 1990. The Balaban J connectivity index is 1.68. The highest BCUT2D eigenvalue weighted by Crippen LogP contribution is 2.37. The fourth-order valence-electron chi connectivity index (χ4n) is 4.29. The van der Waals surface area contributed by atoms with E-state index in [2.05, 4.69) is 15.9 Å². The minimum atomic E-state index is -4.43. The lowest BCUT2D eigenvalue weighted by molar-refractivity contribution is 0.0996. The van der Waals surface area contributed by atoms with Gasteiger partial charge in [0.05, 0.1) is 21.2 Å². The van der Waals surface area contributed by atoms with Crippen molar-refractivity contribution in [1.29, 1.82) is 0 Å². The summed E-state index contributed by atoms with van der Waals surface area (Å²) in [6.45, 7) is 0. The molecule has 216 valence electrons. The zero-order valence-electron chi connectivity index (χ0n) is 22.3. The highest BCUT2D eigenvalue weighted by Gasteiger charge is 2.36. The number of halogens is 1. The summed E-state index contributed by atoms with van der Waals surface area (Å²) in [5.41, 5.74) is 0.0866. The Morgan fingerprint density at radius 3 is 1.28 bits per heavy atom. The summed E-state index contributed by atoms with van der Waals surface area (Å²) in [7, 11) is -8.85. The number of anilines is 2. The lowest BCUT2D eigenvalue weighted by Crippen LogP contribution is -2.38. The van der Waals surface area contributed by atoms with Crippen molar-refractivity contribution in [2.45, 2.75) is 9.79 Å². The van der Waals surface area contributed by atoms with E-state index in [4.69, 9.17) is 0 Å². The van der Waals surface area contributed by atoms with Gasteiger partial charge in [0, 0.05) is 15.6 Å². The first-order valence-corrected chi connectivity index (χ1v) is 16.5. The Labute approximate surface area is 258 Å². The van der Waals surface area contributed by atoms with E-state index < -0.39 is 31.9 Å². The van der Waals surface area contributed by atoms with Gasteiger partial charge in [-0.1, -0.05) is 72.8 Å². The van der Waals surface area contributed by atoms with Crippen LogP contribution in [-0.2, 0) is 20.0 Å². The van der Waals surface area contributed by atoms with E-state index >= 15 is 0 Å². The first-order valence-electron chi connectivity index (χ1n) is 12.8. The van der Waals surface area contributed by atoms with E-state index in [1.54, 1.807) is 60.7 Å². The SMILES string of the molecule is O=C(c1ccccc1)N(c1ccc(N(C(=O)c2ccccc2)S(=O)(=O)c2ccccc2)c(Br)c1)S(=O)(=O)c1ccccc1. The van der Waals surface area contributed by atoms with Gasteiger partial charge in [-0.15, -0.1) is 0 Å². The number of carbonyl (C=O) groups excluding carboxylic acids is 2. The summed E-state index contributed by atoms with van der Waals surface area (Å²) in [5, 5.41) is 0. The average molecular weight is 676 g/mol.